The van der Waals surface area contributed by atoms with Crippen molar-refractivity contribution in [1.29, 1.82) is 0 Å². The summed E-state index contributed by atoms with van der Waals surface area (Å²) in [6.45, 7) is 1.11. The summed E-state index contributed by atoms with van der Waals surface area (Å²) in [4.78, 5) is 2.29. The van der Waals surface area contributed by atoms with Crippen LogP contribution >= 0.6 is 24.8 Å². The van der Waals surface area contributed by atoms with E-state index in [1.54, 1.807) is 0 Å². The molecule has 2 atom stereocenters. The number of nitrogen functional groups attached to an aromatic ring is 1. The van der Waals surface area contributed by atoms with Crippen molar-refractivity contribution in [1.82, 2.24) is 4.90 Å². The highest BCUT2D eigenvalue weighted by molar-refractivity contribution is 5.85. The molecule has 1 saturated carbocycles. The Morgan fingerprint density at radius 2 is 2.05 bits per heavy atom. The zero-order chi connectivity index (χ0) is 13.5. The molecule has 0 aromatic heterocycles. The highest BCUT2D eigenvalue weighted by atomic mass is 35.5. The van der Waals surface area contributed by atoms with E-state index >= 15 is 0 Å². The fourth-order valence-corrected chi connectivity index (χ4v) is 3.76. The van der Waals surface area contributed by atoms with Gasteiger partial charge in [-0.2, -0.15) is 0 Å². The molecule has 120 valence electrons. The topological polar surface area (TPSA) is 38.5 Å². The summed E-state index contributed by atoms with van der Waals surface area (Å²) in [5.41, 5.74) is 8.07. The van der Waals surface area contributed by atoms with Crippen LogP contribution in [0.1, 0.15) is 31.2 Å². The Bertz CT molecular complexity index is 481. The quantitative estimate of drug-likeness (QED) is 0.842. The van der Waals surface area contributed by atoms with Crippen LogP contribution in [0.5, 0.6) is 5.75 Å². The van der Waals surface area contributed by atoms with Gasteiger partial charge >= 0.3 is 0 Å². The van der Waals surface area contributed by atoms with Crippen LogP contribution in [-0.4, -0.2) is 31.1 Å². The first-order valence-electron chi connectivity index (χ1n) is 7.31. The summed E-state index contributed by atoms with van der Waals surface area (Å²) < 4.78 is 6.42. The minimum Gasteiger partial charge on any atom is -0.486 e. The van der Waals surface area contributed by atoms with Crippen molar-refractivity contribution >= 4 is 30.5 Å². The van der Waals surface area contributed by atoms with Crippen LogP contribution in [0.15, 0.2) is 18.2 Å². The number of fused-ring (bicyclic) bond motifs is 1. The maximum absolute atomic E-state index is 6.42. The monoisotopic (exact) mass is 332 g/mol. The van der Waals surface area contributed by atoms with Crippen molar-refractivity contribution in [3.63, 3.8) is 0 Å². The van der Waals surface area contributed by atoms with Crippen molar-refractivity contribution in [3.8, 4) is 5.75 Å². The SMILES string of the molecule is CN(C)C[C@H]1CCCC[C@]12Cc1cc(N)ccc1O2.Cl.Cl. The second-order valence-corrected chi connectivity index (χ2v) is 6.42. The van der Waals surface area contributed by atoms with Gasteiger partial charge in [0.05, 0.1) is 0 Å². The molecule has 1 aromatic rings. The van der Waals surface area contributed by atoms with E-state index in [2.05, 4.69) is 25.1 Å². The van der Waals surface area contributed by atoms with Crippen molar-refractivity contribution < 1.29 is 4.74 Å². The van der Waals surface area contributed by atoms with E-state index in [0.717, 1.165) is 24.4 Å². The maximum atomic E-state index is 6.42. The second-order valence-electron chi connectivity index (χ2n) is 6.42. The molecule has 0 amide bonds. The van der Waals surface area contributed by atoms with Gasteiger partial charge in [0.25, 0.3) is 0 Å². The number of anilines is 1. The second kappa shape index (κ2) is 7.08. The summed E-state index contributed by atoms with van der Waals surface area (Å²) in [7, 11) is 4.31. The zero-order valence-corrected chi connectivity index (χ0v) is 14.4. The fraction of sp³-hybridized carbons (Fsp3) is 0.625. The molecule has 2 aliphatic rings. The molecule has 3 rings (SSSR count). The lowest BCUT2D eigenvalue weighted by Gasteiger charge is -2.41. The molecule has 1 heterocycles. The minimum atomic E-state index is 0. The van der Waals surface area contributed by atoms with Gasteiger partial charge in [0, 0.05) is 30.1 Å². The van der Waals surface area contributed by atoms with Crippen LogP contribution in [-0.2, 0) is 6.42 Å². The molecule has 0 bridgehead atoms. The van der Waals surface area contributed by atoms with Gasteiger partial charge in [-0.05, 0) is 51.6 Å². The van der Waals surface area contributed by atoms with Gasteiger partial charge in [0.15, 0.2) is 0 Å². The Kier molecular flexibility index (Phi) is 6.21. The van der Waals surface area contributed by atoms with Gasteiger partial charge in [-0.1, -0.05) is 6.42 Å². The lowest BCUT2D eigenvalue weighted by Crippen LogP contribution is -2.48. The van der Waals surface area contributed by atoms with Crippen molar-refractivity contribution in [2.24, 2.45) is 5.92 Å². The number of benzene rings is 1. The maximum Gasteiger partial charge on any atom is 0.123 e. The number of rotatable bonds is 2. The summed E-state index contributed by atoms with van der Waals surface area (Å²) in [6, 6.07) is 6.08. The lowest BCUT2D eigenvalue weighted by molar-refractivity contribution is -0.0150. The summed E-state index contributed by atoms with van der Waals surface area (Å²) >= 11 is 0. The van der Waals surface area contributed by atoms with Crippen LogP contribution in [0, 0.1) is 5.92 Å². The zero-order valence-electron chi connectivity index (χ0n) is 12.8. The Morgan fingerprint density at radius 3 is 2.76 bits per heavy atom. The molecule has 2 N–H and O–H groups in total. The molecule has 1 aliphatic heterocycles. The van der Waals surface area contributed by atoms with Crippen molar-refractivity contribution in [2.75, 3.05) is 26.4 Å². The summed E-state index contributed by atoms with van der Waals surface area (Å²) in [6.07, 6.45) is 6.11. The smallest absolute Gasteiger partial charge is 0.123 e. The Labute approximate surface area is 140 Å². The highest BCUT2D eigenvalue weighted by Crippen LogP contribution is 2.47. The third kappa shape index (κ3) is 3.58. The van der Waals surface area contributed by atoms with Crippen LogP contribution in [0.2, 0.25) is 0 Å². The normalized spacial score (nSPS) is 26.7. The summed E-state index contributed by atoms with van der Waals surface area (Å²) in [5, 5.41) is 0. The van der Waals surface area contributed by atoms with E-state index in [1.165, 1.54) is 31.2 Å². The van der Waals surface area contributed by atoms with Gasteiger partial charge < -0.3 is 15.4 Å². The van der Waals surface area contributed by atoms with Crippen molar-refractivity contribution in [3.05, 3.63) is 23.8 Å². The molecule has 5 heteroatoms. The molecular weight excluding hydrogens is 307 g/mol. The molecule has 0 radical (unpaired) electrons. The largest absolute Gasteiger partial charge is 0.486 e. The minimum absolute atomic E-state index is 0. The molecule has 1 fully saturated rings. The van der Waals surface area contributed by atoms with E-state index < -0.39 is 0 Å². The third-order valence-corrected chi connectivity index (χ3v) is 4.62. The standard InChI is InChI=1S/C16H24N2O.2ClH/c1-18(2)11-13-5-3-4-8-16(13)10-12-9-14(17)6-7-15(12)19-16;;/h6-7,9,13H,3-5,8,10-11,17H2,1-2H3;2*1H/t13-,16+;;/m1../s1. The number of halogens is 2. The average molecular weight is 333 g/mol. The molecule has 1 aromatic carbocycles. The van der Waals surface area contributed by atoms with Gasteiger partial charge in [0.2, 0.25) is 0 Å². The number of nitrogens with zero attached hydrogens (tertiary/aromatic N) is 1. The van der Waals surface area contributed by atoms with Crippen LogP contribution in [0.4, 0.5) is 5.69 Å². The fourth-order valence-electron chi connectivity index (χ4n) is 3.76. The van der Waals surface area contributed by atoms with E-state index in [4.69, 9.17) is 10.5 Å². The first-order chi connectivity index (χ1) is 9.09. The molecule has 0 saturated heterocycles. The summed E-state index contributed by atoms with van der Waals surface area (Å²) in [5.74, 6) is 1.68. The van der Waals surface area contributed by atoms with Crippen LogP contribution in [0.3, 0.4) is 0 Å². The van der Waals surface area contributed by atoms with Gasteiger partial charge in [-0.15, -0.1) is 24.8 Å². The third-order valence-electron chi connectivity index (χ3n) is 4.62. The molecule has 1 spiro atoms. The lowest BCUT2D eigenvalue weighted by atomic mass is 9.73. The van der Waals surface area contributed by atoms with Gasteiger partial charge in [-0.25, -0.2) is 0 Å². The Balaban J connectivity index is 0.00000110. The Hall–Kier alpha value is -0.640. The van der Waals surface area contributed by atoms with Gasteiger partial charge in [-0.3, -0.25) is 0 Å². The van der Waals surface area contributed by atoms with E-state index in [0.29, 0.717) is 5.92 Å². The molecule has 1 aliphatic carbocycles. The number of nitrogens with two attached hydrogens (primary N) is 1. The van der Waals surface area contributed by atoms with Crippen molar-refractivity contribution in [2.45, 2.75) is 37.7 Å². The van der Waals surface area contributed by atoms with Crippen LogP contribution in [0.25, 0.3) is 0 Å². The highest BCUT2D eigenvalue weighted by Gasteiger charge is 2.47. The molecule has 0 unspecified atom stereocenters. The van der Waals surface area contributed by atoms with E-state index in [1.807, 2.05) is 12.1 Å². The number of hydrogen-bond donors (Lipinski definition) is 1. The predicted octanol–water partition coefficient (Wildman–Crippen LogP) is 3.54. The van der Waals surface area contributed by atoms with Gasteiger partial charge in [0.1, 0.15) is 11.4 Å². The Morgan fingerprint density at radius 1 is 1.29 bits per heavy atom. The first kappa shape index (κ1) is 18.4. The van der Waals surface area contributed by atoms with E-state index in [9.17, 15) is 0 Å². The predicted molar refractivity (Wildman–Crippen MR) is 92.9 cm³/mol. The molecule has 21 heavy (non-hydrogen) atoms. The number of hydrogen-bond acceptors (Lipinski definition) is 3. The molecule has 3 nitrogen and oxygen atoms in total. The first-order valence-corrected chi connectivity index (χ1v) is 7.31. The average Bonchev–Trinajstić information content (AvgIpc) is 2.70. The number of ether oxygens (including phenoxy) is 1. The molecular formula is C16H26Cl2N2O. The van der Waals surface area contributed by atoms with E-state index in [-0.39, 0.29) is 30.4 Å². The van der Waals surface area contributed by atoms with Crippen LogP contribution < -0.4 is 10.5 Å².